The molecule has 2 amide bonds. The molecule has 2 N–H and O–H groups in total. The number of ether oxygens (including phenoxy) is 2. The van der Waals surface area contributed by atoms with Crippen molar-refractivity contribution in [1.29, 1.82) is 5.26 Å². The summed E-state index contributed by atoms with van der Waals surface area (Å²) in [5.74, 6) is -1.13. The third-order valence-corrected chi connectivity index (χ3v) is 5.61. The molecule has 172 valence electrons. The summed E-state index contributed by atoms with van der Waals surface area (Å²) in [6.07, 6.45) is 0. The van der Waals surface area contributed by atoms with E-state index in [-0.39, 0.29) is 11.5 Å². The fourth-order valence-electron chi connectivity index (χ4n) is 2.97. The molecule has 0 aliphatic carbocycles. The highest BCUT2D eigenvalue weighted by Crippen LogP contribution is 2.33. The van der Waals surface area contributed by atoms with Gasteiger partial charge in [-0.3, -0.25) is 9.59 Å². The molecule has 0 aliphatic heterocycles. The molecule has 9 heteroatoms. The first kappa shape index (κ1) is 24.4. The number of carbonyl (C=O) groups excluding carboxylic acids is 3. The second-order valence-electron chi connectivity index (χ2n) is 6.93. The number of nitrogens with one attached hydrogen (secondary N) is 2. The first-order valence-corrected chi connectivity index (χ1v) is 10.9. The number of nitrogens with zero attached hydrogens (tertiary/aromatic N) is 1. The molecule has 0 radical (unpaired) electrons. The first-order chi connectivity index (χ1) is 16.4. The lowest BCUT2D eigenvalue weighted by Crippen LogP contribution is -2.21. The van der Waals surface area contributed by atoms with E-state index >= 15 is 0 Å². The van der Waals surface area contributed by atoms with Crippen molar-refractivity contribution in [3.8, 4) is 11.8 Å². The Morgan fingerprint density at radius 1 is 0.971 bits per heavy atom. The molecule has 0 unspecified atom stereocenters. The zero-order chi connectivity index (χ0) is 24.5. The van der Waals surface area contributed by atoms with E-state index in [9.17, 15) is 19.6 Å². The molecule has 0 aliphatic rings. The SMILES string of the molecule is COc1ccc(NC(C)=O)cc1NC(=O)COC(=O)c1ccccc1Sc1ccccc1C#N. The highest BCUT2D eigenvalue weighted by molar-refractivity contribution is 7.99. The third kappa shape index (κ3) is 6.37. The molecule has 0 saturated heterocycles. The Kier molecular flexibility index (Phi) is 8.26. The molecule has 3 rings (SSSR count). The monoisotopic (exact) mass is 475 g/mol. The smallest absolute Gasteiger partial charge is 0.339 e. The summed E-state index contributed by atoms with van der Waals surface area (Å²) in [5.41, 5.74) is 1.56. The van der Waals surface area contributed by atoms with Gasteiger partial charge in [-0.05, 0) is 42.5 Å². The number of methoxy groups -OCH3 is 1. The van der Waals surface area contributed by atoms with Gasteiger partial charge in [-0.15, -0.1) is 0 Å². The van der Waals surface area contributed by atoms with Crippen molar-refractivity contribution in [2.45, 2.75) is 16.7 Å². The van der Waals surface area contributed by atoms with Gasteiger partial charge in [0.2, 0.25) is 5.91 Å². The van der Waals surface area contributed by atoms with E-state index in [1.807, 2.05) is 6.07 Å². The molecule has 0 fully saturated rings. The van der Waals surface area contributed by atoms with E-state index in [2.05, 4.69) is 16.7 Å². The van der Waals surface area contributed by atoms with E-state index in [0.29, 0.717) is 32.5 Å². The van der Waals surface area contributed by atoms with Crippen molar-refractivity contribution >= 4 is 40.9 Å². The fraction of sp³-hybridized carbons (Fsp3) is 0.120. The van der Waals surface area contributed by atoms with Crippen LogP contribution in [0.3, 0.4) is 0 Å². The molecule has 0 heterocycles. The molecule has 3 aromatic rings. The molecule has 0 aromatic heterocycles. The zero-order valence-corrected chi connectivity index (χ0v) is 19.3. The van der Waals surface area contributed by atoms with Gasteiger partial charge in [0.25, 0.3) is 5.91 Å². The number of carbonyl (C=O) groups is 3. The average molecular weight is 476 g/mol. The minimum absolute atomic E-state index is 0.259. The van der Waals surface area contributed by atoms with Crippen molar-refractivity contribution in [1.82, 2.24) is 0 Å². The van der Waals surface area contributed by atoms with Gasteiger partial charge in [0.1, 0.15) is 11.8 Å². The molecule has 0 atom stereocenters. The standard InChI is InChI=1S/C25H21N3O5S/c1-16(29)27-18-11-12-21(32-2)20(13-18)28-24(30)15-33-25(31)19-8-4-6-10-23(19)34-22-9-5-3-7-17(22)14-26/h3-13H,15H2,1-2H3,(H,27,29)(H,28,30). The van der Waals surface area contributed by atoms with Crippen LogP contribution in [0, 0.1) is 11.3 Å². The lowest BCUT2D eigenvalue weighted by Gasteiger charge is -2.13. The van der Waals surface area contributed by atoms with Crippen LogP contribution in [0.1, 0.15) is 22.8 Å². The Labute approximate surface area is 200 Å². The lowest BCUT2D eigenvalue weighted by molar-refractivity contribution is -0.119. The summed E-state index contributed by atoms with van der Waals surface area (Å²) in [5, 5.41) is 14.5. The van der Waals surface area contributed by atoms with E-state index in [1.165, 1.54) is 25.8 Å². The topological polar surface area (TPSA) is 118 Å². The maximum absolute atomic E-state index is 12.7. The summed E-state index contributed by atoms with van der Waals surface area (Å²) >= 11 is 1.27. The molecular formula is C25H21N3O5S. The summed E-state index contributed by atoms with van der Waals surface area (Å²) in [7, 11) is 1.45. The quantitative estimate of drug-likeness (QED) is 0.462. The Bertz CT molecular complexity index is 1270. The number of benzene rings is 3. The minimum Gasteiger partial charge on any atom is -0.495 e. The Hall–Kier alpha value is -4.29. The Morgan fingerprint density at radius 2 is 1.68 bits per heavy atom. The summed E-state index contributed by atoms with van der Waals surface area (Å²) in [6, 6.07) is 20.8. The molecule has 8 nitrogen and oxygen atoms in total. The Morgan fingerprint density at radius 3 is 2.38 bits per heavy atom. The van der Waals surface area contributed by atoms with Crippen LogP contribution in [0.4, 0.5) is 11.4 Å². The second-order valence-corrected chi connectivity index (χ2v) is 8.01. The van der Waals surface area contributed by atoms with E-state index in [1.54, 1.807) is 60.7 Å². The van der Waals surface area contributed by atoms with Crippen molar-refractivity contribution in [3.05, 3.63) is 77.9 Å². The van der Waals surface area contributed by atoms with Gasteiger partial charge in [-0.1, -0.05) is 36.0 Å². The fourth-order valence-corrected chi connectivity index (χ4v) is 3.99. The Balaban J connectivity index is 1.68. The predicted octanol–water partition coefficient (Wildman–Crippen LogP) is 4.47. The minimum atomic E-state index is -0.674. The van der Waals surface area contributed by atoms with Gasteiger partial charge in [-0.2, -0.15) is 5.26 Å². The maximum Gasteiger partial charge on any atom is 0.339 e. The van der Waals surface area contributed by atoms with Crippen LogP contribution in [0.5, 0.6) is 5.75 Å². The number of amides is 2. The molecule has 0 saturated carbocycles. The molecule has 0 bridgehead atoms. The van der Waals surface area contributed by atoms with Gasteiger partial charge in [0, 0.05) is 22.4 Å². The van der Waals surface area contributed by atoms with Gasteiger partial charge >= 0.3 is 5.97 Å². The number of anilines is 2. The molecule has 34 heavy (non-hydrogen) atoms. The number of hydrogen-bond donors (Lipinski definition) is 2. The number of rotatable bonds is 8. The zero-order valence-electron chi connectivity index (χ0n) is 18.5. The predicted molar refractivity (Wildman–Crippen MR) is 128 cm³/mol. The van der Waals surface area contributed by atoms with Gasteiger partial charge in [0.15, 0.2) is 6.61 Å². The average Bonchev–Trinajstić information content (AvgIpc) is 2.83. The van der Waals surface area contributed by atoms with Crippen LogP contribution in [0.25, 0.3) is 0 Å². The molecular weight excluding hydrogens is 454 g/mol. The number of esters is 1. The number of hydrogen-bond acceptors (Lipinski definition) is 7. The highest BCUT2D eigenvalue weighted by atomic mass is 32.2. The van der Waals surface area contributed by atoms with Crippen molar-refractivity contribution < 1.29 is 23.9 Å². The summed E-state index contributed by atoms with van der Waals surface area (Å²) in [4.78, 5) is 37.7. The van der Waals surface area contributed by atoms with Gasteiger partial charge < -0.3 is 20.1 Å². The first-order valence-electron chi connectivity index (χ1n) is 10.1. The van der Waals surface area contributed by atoms with Gasteiger partial charge in [-0.25, -0.2) is 4.79 Å². The number of nitriles is 1. The van der Waals surface area contributed by atoms with E-state index in [0.717, 1.165) is 0 Å². The summed E-state index contributed by atoms with van der Waals surface area (Å²) in [6.45, 7) is 0.844. The van der Waals surface area contributed by atoms with Crippen molar-refractivity contribution in [2.24, 2.45) is 0 Å². The maximum atomic E-state index is 12.7. The van der Waals surface area contributed by atoms with Crippen molar-refractivity contribution in [2.75, 3.05) is 24.4 Å². The second kappa shape index (κ2) is 11.5. The summed E-state index contributed by atoms with van der Waals surface area (Å²) < 4.78 is 10.5. The van der Waals surface area contributed by atoms with Crippen LogP contribution in [0.2, 0.25) is 0 Å². The van der Waals surface area contributed by atoms with E-state index in [4.69, 9.17) is 9.47 Å². The molecule has 0 spiro atoms. The largest absolute Gasteiger partial charge is 0.495 e. The third-order valence-electron chi connectivity index (χ3n) is 4.46. The van der Waals surface area contributed by atoms with Gasteiger partial charge in [0.05, 0.1) is 23.9 Å². The molecule has 3 aromatic carbocycles. The van der Waals surface area contributed by atoms with Crippen LogP contribution in [0.15, 0.2) is 76.5 Å². The normalized spacial score (nSPS) is 10.0. The highest BCUT2D eigenvalue weighted by Gasteiger charge is 2.17. The van der Waals surface area contributed by atoms with Crippen LogP contribution < -0.4 is 15.4 Å². The van der Waals surface area contributed by atoms with Crippen LogP contribution in [-0.4, -0.2) is 31.5 Å². The van der Waals surface area contributed by atoms with Crippen molar-refractivity contribution in [3.63, 3.8) is 0 Å². The lowest BCUT2D eigenvalue weighted by atomic mass is 10.2. The van der Waals surface area contributed by atoms with E-state index < -0.39 is 18.5 Å². The van der Waals surface area contributed by atoms with Crippen LogP contribution in [-0.2, 0) is 14.3 Å². The van der Waals surface area contributed by atoms with Crippen LogP contribution >= 0.6 is 11.8 Å².